The molecular weight excluding hydrogens is 214 g/mol. The Labute approximate surface area is 99.1 Å². The van der Waals surface area contributed by atoms with E-state index >= 15 is 0 Å². The van der Waals surface area contributed by atoms with Gasteiger partial charge in [-0.2, -0.15) is 4.99 Å². The molecule has 3 rings (SSSR count). The Kier molecular flexibility index (Phi) is 2.17. The topological polar surface area (TPSA) is 42.6 Å². The molecule has 1 heterocycles. The van der Waals surface area contributed by atoms with E-state index in [1.807, 2.05) is 19.1 Å². The second-order valence-corrected chi connectivity index (χ2v) is 4.72. The molecule has 1 saturated carbocycles. The molecule has 17 heavy (non-hydrogen) atoms. The largest absolute Gasteiger partial charge is 0.464 e. The van der Waals surface area contributed by atoms with Gasteiger partial charge >= 0.3 is 0 Å². The smallest absolute Gasteiger partial charge is 0.235 e. The Morgan fingerprint density at radius 2 is 2.24 bits per heavy atom. The zero-order valence-corrected chi connectivity index (χ0v) is 9.69. The van der Waals surface area contributed by atoms with Crippen LogP contribution in [0.3, 0.4) is 0 Å². The molecule has 1 aromatic carbocycles. The minimum Gasteiger partial charge on any atom is -0.464 e. The first kappa shape index (κ1) is 10.3. The molecule has 0 atom stereocenters. The van der Waals surface area contributed by atoms with Crippen molar-refractivity contribution >= 4 is 17.0 Å². The van der Waals surface area contributed by atoms with Gasteiger partial charge in [0.2, 0.25) is 6.08 Å². The molecule has 3 heteroatoms. The number of benzene rings is 1. The summed E-state index contributed by atoms with van der Waals surface area (Å²) in [5, 5.41) is 1.11. The number of carbonyl (C=O) groups excluding carboxylic acids is 1. The van der Waals surface area contributed by atoms with E-state index in [4.69, 9.17) is 4.42 Å². The molecule has 2 aromatic rings. The number of fused-ring (bicyclic) bond motifs is 1. The highest BCUT2D eigenvalue weighted by atomic mass is 16.3. The third kappa shape index (κ3) is 1.43. The van der Waals surface area contributed by atoms with Gasteiger partial charge in [0.05, 0.1) is 11.8 Å². The van der Waals surface area contributed by atoms with Crippen LogP contribution in [0.5, 0.6) is 0 Å². The lowest BCUT2D eigenvalue weighted by Crippen LogP contribution is -2.31. The Morgan fingerprint density at radius 3 is 2.88 bits per heavy atom. The van der Waals surface area contributed by atoms with Crippen LogP contribution in [0.4, 0.5) is 0 Å². The maximum atomic E-state index is 10.6. The summed E-state index contributed by atoms with van der Waals surface area (Å²) in [6, 6.07) is 6.05. The quantitative estimate of drug-likeness (QED) is 0.582. The number of hydrogen-bond acceptors (Lipinski definition) is 3. The normalized spacial score (nSPS) is 17.5. The summed E-state index contributed by atoms with van der Waals surface area (Å²) < 4.78 is 5.42. The molecule has 0 saturated heterocycles. The predicted molar refractivity (Wildman–Crippen MR) is 64.6 cm³/mol. The van der Waals surface area contributed by atoms with Crippen molar-refractivity contribution in [3.05, 3.63) is 35.6 Å². The van der Waals surface area contributed by atoms with Crippen molar-refractivity contribution in [2.24, 2.45) is 4.99 Å². The molecule has 1 aliphatic rings. The third-order valence-electron chi connectivity index (χ3n) is 3.74. The van der Waals surface area contributed by atoms with Gasteiger partial charge in [-0.15, -0.1) is 0 Å². The zero-order chi connectivity index (χ0) is 11.9. The number of isocyanates is 1. The molecule has 1 aliphatic carbocycles. The van der Waals surface area contributed by atoms with Crippen LogP contribution in [0.15, 0.2) is 33.9 Å². The average Bonchev–Trinajstić information content (AvgIpc) is 2.65. The monoisotopic (exact) mass is 227 g/mol. The van der Waals surface area contributed by atoms with Gasteiger partial charge in [-0.1, -0.05) is 6.07 Å². The lowest BCUT2D eigenvalue weighted by Gasteiger charge is -2.37. The number of hydrogen-bond donors (Lipinski definition) is 0. The van der Waals surface area contributed by atoms with Crippen LogP contribution in [0, 0.1) is 6.92 Å². The van der Waals surface area contributed by atoms with Crippen molar-refractivity contribution in [2.45, 2.75) is 31.7 Å². The van der Waals surface area contributed by atoms with Gasteiger partial charge in [-0.3, -0.25) is 0 Å². The van der Waals surface area contributed by atoms with E-state index in [0.717, 1.165) is 41.4 Å². The van der Waals surface area contributed by atoms with E-state index in [2.05, 4.69) is 11.1 Å². The van der Waals surface area contributed by atoms with Crippen LogP contribution in [-0.2, 0) is 10.3 Å². The van der Waals surface area contributed by atoms with Gasteiger partial charge < -0.3 is 4.42 Å². The van der Waals surface area contributed by atoms with Gasteiger partial charge in [0.15, 0.2) is 0 Å². The summed E-state index contributed by atoms with van der Waals surface area (Å²) in [4.78, 5) is 14.6. The molecule has 0 spiro atoms. The zero-order valence-electron chi connectivity index (χ0n) is 9.69. The molecular formula is C14H13NO2. The van der Waals surface area contributed by atoms with Gasteiger partial charge in [0.1, 0.15) is 5.58 Å². The van der Waals surface area contributed by atoms with E-state index in [9.17, 15) is 4.79 Å². The first-order chi connectivity index (χ1) is 8.25. The van der Waals surface area contributed by atoms with E-state index < -0.39 is 0 Å². The highest BCUT2D eigenvalue weighted by Crippen LogP contribution is 2.45. The number of furan rings is 1. The molecule has 0 aliphatic heterocycles. The van der Waals surface area contributed by atoms with Gasteiger partial charge in [-0.05, 0) is 49.4 Å². The van der Waals surface area contributed by atoms with Crippen LogP contribution < -0.4 is 0 Å². The van der Waals surface area contributed by atoms with Gasteiger partial charge in [0.25, 0.3) is 0 Å². The van der Waals surface area contributed by atoms with Crippen molar-refractivity contribution in [2.75, 3.05) is 0 Å². The first-order valence-electron chi connectivity index (χ1n) is 5.82. The number of aryl methyl sites for hydroxylation is 1. The number of aliphatic imine (C=N–C) groups is 1. The van der Waals surface area contributed by atoms with Crippen molar-refractivity contribution in [3.8, 4) is 0 Å². The third-order valence-corrected chi connectivity index (χ3v) is 3.74. The molecule has 1 fully saturated rings. The van der Waals surface area contributed by atoms with E-state index in [0.29, 0.717) is 0 Å². The number of nitrogens with zero attached hydrogens (tertiary/aromatic N) is 1. The number of rotatable bonds is 2. The van der Waals surface area contributed by atoms with Crippen molar-refractivity contribution < 1.29 is 9.21 Å². The maximum absolute atomic E-state index is 10.6. The van der Waals surface area contributed by atoms with Crippen LogP contribution >= 0.6 is 0 Å². The van der Waals surface area contributed by atoms with Crippen LogP contribution in [0.1, 0.15) is 30.4 Å². The highest BCUT2D eigenvalue weighted by Gasteiger charge is 2.39. The van der Waals surface area contributed by atoms with Gasteiger partial charge in [-0.25, -0.2) is 4.79 Å². The Balaban J connectivity index is 2.16. The summed E-state index contributed by atoms with van der Waals surface area (Å²) in [7, 11) is 0. The van der Waals surface area contributed by atoms with Crippen LogP contribution in [0.25, 0.3) is 11.0 Å². The molecule has 0 amide bonds. The Hall–Kier alpha value is -1.86. The second kappa shape index (κ2) is 3.57. The Morgan fingerprint density at radius 1 is 1.41 bits per heavy atom. The van der Waals surface area contributed by atoms with Crippen LogP contribution in [0.2, 0.25) is 0 Å². The first-order valence-corrected chi connectivity index (χ1v) is 5.82. The molecule has 86 valence electrons. The molecule has 0 radical (unpaired) electrons. The highest BCUT2D eigenvalue weighted by molar-refractivity contribution is 5.81. The van der Waals surface area contributed by atoms with E-state index in [1.54, 1.807) is 12.3 Å². The molecule has 0 bridgehead atoms. The van der Waals surface area contributed by atoms with Crippen molar-refractivity contribution in [1.82, 2.24) is 0 Å². The molecule has 1 aromatic heterocycles. The summed E-state index contributed by atoms with van der Waals surface area (Å²) in [6.07, 6.45) is 6.46. The Bertz CT molecular complexity index is 616. The minimum absolute atomic E-state index is 0.320. The van der Waals surface area contributed by atoms with E-state index in [1.165, 1.54) is 0 Å². The average molecular weight is 227 g/mol. The summed E-state index contributed by atoms with van der Waals surface area (Å²) in [5.41, 5.74) is 2.78. The van der Waals surface area contributed by atoms with E-state index in [-0.39, 0.29) is 5.54 Å². The SMILES string of the molecule is Cc1coc2ccc(C3(N=C=O)CCC3)cc12. The fraction of sp³-hybridized carbons (Fsp3) is 0.357. The van der Waals surface area contributed by atoms with Crippen LogP contribution in [-0.4, -0.2) is 6.08 Å². The summed E-state index contributed by atoms with van der Waals surface area (Å²) in [5.74, 6) is 0. The fourth-order valence-corrected chi connectivity index (χ4v) is 2.51. The van der Waals surface area contributed by atoms with Crippen molar-refractivity contribution in [3.63, 3.8) is 0 Å². The lowest BCUT2D eigenvalue weighted by atomic mass is 9.72. The second-order valence-electron chi connectivity index (χ2n) is 4.72. The lowest BCUT2D eigenvalue weighted by molar-refractivity contribution is 0.256. The molecule has 3 nitrogen and oxygen atoms in total. The predicted octanol–water partition coefficient (Wildman–Crippen LogP) is 3.46. The summed E-state index contributed by atoms with van der Waals surface area (Å²) in [6.45, 7) is 2.02. The standard InChI is InChI=1S/C14H13NO2/c1-10-8-17-13-4-3-11(7-12(10)13)14(15-9-16)5-2-6-14/h3-4,7-8H,2,5-6H2,1H3. The fourth-order valence-electron chi connectivity index (χ4n) is 2.51. The summed E-state index contributed by atoms with van der Waals surface area (Å²) >= 11 is 0. The molecule has 0 unspecified atom stereocenters. The van der Waals surface area contributed by atoms with Crippen molar-refractivity contribution in [1.29, 1.82) is 0 Å². The van der Waals surface area contributed by atoms with Gasteiger partial charge in [0, 0.05) is 5.39 Å². The minimum atomic E-state index is -0.320. The molecule has 0 N–H and O–H groups in total. The maximum Gasteiger partial charge on any atom is 0.235 e.